The summed E-state index contributed by atoms with van der Waals surface area (Å²) in [7, 11) is 0. The number of hydrogen-bond donors (Lipinski definition) is 0. The molecule has 4 aromatic rings. The van der Waals surface area contributed by atoms with Gasteiger partial charge in [-0.05, 0) is 57.1 Å². The van der Waals surface area contributed by atoms with Crippen LogP contribution in [0.1, 0.15) is 161 Å². The SMILES string of the molecule is CCCCCCCCC1C(=O)c2c(C)sc(-c3cc4c(OCC(CC)CCCC)c5sc(C)cc5c(OCC(CC)CCCC)c4s3)c2C1=O. The topological polar surface area (TPSA) is 52.6 Å². The van der Waals surface area contributed by atoms with E-state index in [1.165, 1.54) is 69.1 Å². The fraction of sp³-hybridized carbons (Fsp3) is 0.628. The number of rotatable bonds is 22. The highest BCUT2D eigenvalue weighted by atomic mass is 32.1. The molecule has 50 heavy (non-hydrogen) atoms. The summed E-state index contributed by atoms with van der Waals surface area (Å²) in [6.07, 6.45) is 16.9. The van der Waals surface area contributed by atoms with Crippen molar-refractivity contribution < 1.29 is 19.1 Å². The average molecular weight is 737 g/mol. The van der Waals surface area contributed by atoms with Gasteiger partial charge in [-0.15, -0.1) is 34.0 Å². The fourth-order valence-corrected chi connectivity index (χ4v) is 11.0. The van der Waals surface area contributed by atoms with Gasteiger partial charge in [-0.3, -0.25) is 9.59 Å². The van der Waals surface area contributed by atoms with Crippen LogP contribution in [0.3, 0.4) is 0 Å². The summed E-state index contributed by atoms with van der Waals surface area (Å²) in [5, 5.41) is 2.20. The molecule has 0 saturated heterocycles. The minimum Gasteiger partial charge on any atom is -0.491 e. The van der Waals surface area contributed by atoms with Crippen LogP contribution < -0.4 is 9.47 Å². The summed E-state index contributed by atoms with van der Waals surface area (Å²) < 4.78 is 16.0. The molecule has 1 aliphatic carbocycles. The van der Waals surface area contributed by atoms with E-state index in [0.29, 0.717) is 42.6 Å². The van der Waals surface area contributed by atoms with E-state index in [1.807, 2.05) is 6.92 Å². The van der Waals surface area contributed by atoms with Gasteiger partial charge in [0.25, 0.3) is 0 Å². The monoisotopic (exact) mass is 736 g/mol. The van der Waals surface area contributed by atoms with Crippen LogP contribution in [0.4, 0.5) is 0 Å². The first-order valence-corrected chi connectivity index (χ1v) is 22.2. The predicted molar refractivity (Wildman–Crippen MR) is 218 cm³/mol. The third kappa shape index (κ3) is 8.52. The molecule has 0 radical (unpaired) electrons. The molecule has 0 spiro atoms. The van der Waals surface area contributed by atoms with E-state index < -0.39 is 5.92 Å². The highest BCUT2D eigenvalue weighted by molar-refractivity contribution is 7.27. The molecule has 0 amide bonds. The van der Waals surface area contributed by atoms with E-state index in [4.69, 9.17) is 9.47 Å². The lowest BCUT2D eigenvalue weighted by molar-refractivity contribution is 0.0829. The Labute approximate surface area is 313 Å². The van der Waals surface area contributed by atoms with Crippen LogP contribution in [-0.2, 0) is 0 Å². The molecular formula is C43H60O4S3. The zero-order valence-corrected chi connectivity index (χ0v) is 34.2. The standard InChI is InChI=1S/C43H60O4S3/c1-8-13-16-17-18-19-22-31-37(44)35-28(7)49-43(36(35)38(31)45)34-24-33-40(47-26-30(12-5)21-15-10-3)41-32(23-27(6)48-41)39(42(33)50-34)46-25-29(11-4)20-14-9-2/h23-24,29-31H,8-22,25-26H2,1-7H3. The van der Waals surface area contributed by atoms with Gasteiger partial charge < -0.3 is 9.47 Å². The number of ether oxygens (including phenoxy) is 2. The molecule has 3 aromatic heterocycles. The number of aryl methyl sites for hydroxylation is 2. The smallest absolute Gasteiger partial charge is 0.175 e. The Bertz CT molecular complexity index is 1660. The van der Waals surface area contributed by atoms with E-state index in [-0.39, 0.29) is 11.6 Å². The molecule has 4 nitrogen and oxygen atoms in total. The Morgan fingerprint density at radius 1 is 0.640 bits per heavy atom. The number of unbranched alkanes of at least 4 members (excludes halogenated alkanes) is 7. The minimum atomic E-state index is -0.527. The number of Topliss-reactive ketones (excluding diaryl/α,β-unsaturated/α-hetero) is 2. The maximum atomic E-state index is 14.1. The Morgan fingerprint density at radius 3 is 1.78 bits per heavy atom. The van der Waals surface area contributed by atoms with Crippen LogP contribution in [-0.4, -0.2) is 24.8 Å². The Kier molecular flexibility index (Phi) is 14.4. The lowest BCUT2D eigenvalue weighted by Gasteiger charge is -2.19. The van der Waals surface area contributed by atoms with Gasteiger partial charge in [0.2, 0.25) is 0 Å². The van der Waals surface area contributed by atoms with Crippen molar-refractivity contribution >= 4 is 65.7 Å². The van der Waals surface area contributed by atoms with Crippen LogP contribution in [0.2, 0.25) is 0 Å². The molecule has 0 N–H and O–H groups in total. The van der Waals surface area contributed by atoms with Gasteiger partial charge in [-0.2, -0.15) is 0 Å². The summed E-state index contributed by atoms with van der Waals surface area (Å²) in [5.41, 5.74) is 1.34. The maximum Gasteiger partial charge on any atom is 0.175 e. The third-order valence-electron chi connectivity index (χ3n) is 10.8. The Morgan fingerprint density at radius 2 is 1.18 bits per heavy atom. The first-order chi connectivity index (χ1) is 24.3. The van der Waals surface area contributed by atoms with Gasteiger partial charge in [0.1, 0.15) is 11.5 Å². The normalized spacial score (nSPS) is 15.8. The van der Waals surface area contributed by atoms with Crippen molar-refractivity contribution in [3.8, 4) is 21.3 Å². The van der Waals surface area contributed by atoms with E-state index in [2.05, 4.69) is 53.7 Å². The maximum absolute atomic E-state index is 14.1. The summed E-state index contributed by atoms with van der Waals surface area (Å²) in [5.74, 6) is 2.46. The highest BCUT2D eigenvalue weighted by Crippen LogP contribution is 2.54. The first kappa shape index (κ1) is 39.0. The first-order valence-electron chi connectivity index (χ1n) is 19.7. The Balaban J connectivity index is 1.56. The lowest BCUT2D eigenvalue weighted by atomic mass is 9.95. The Hall–Kier alpha value is -2.22. The second-order valence-corrected chi connectivity index (χ2v) is 18.2. The number of benzene rings is 1. The summed E-state index contributed by atoms with van der Waals surface area (Å²) in [6, 6.07) is 4.51. The van der Waals surface area contributed by atoms with Crippen molar-refractivity contribution in [3.05, 3.63) is 33.0 Å². The van der Waals surface area contributed by atoms with Crippen LogP contribution in [0.5, 0.6) is 11.5 Å². The van der Waals surface area contributed by atoms with Crippen molar-refractivity contribution in [2.45, 2.75) is 145 Å². The van der Waals surface area contributed by atoms with E-state index in [1.54, 1.807) is 34.0 Å². The van der Waals surface area contributed by atoms with Crippen LogP contribution in [0.25, 0.3) is 29.9 Å². The second-order valence-electron chi connectivity index (χ2n) is 14.6. The molecule has 1 aliphatic rings. The molecule has 3 unspecified atom stereocenters. The van der Waals surface area contributed by atoms with Gasteiger partial charge in [0.05, 0.1) is 33.4 Å². The van der Waals surface area contributed by atoms with E-state index in [9.17, 15) is 9.59 Å². The summed E-state index contributed by atoms with van der Waals surface area (Å²) in [4.78, 5) is 32.0. The van der Waals surface area contributed by atoms with Gasteiger partial charge in [-0.25, -0.2) is 0 Å². The molecular weight excluding hydrogens is 677 g/mol. The fourth-order valence-electron chi connectivity index (χ4n) is 7.53. The van der Waals surface area contributed by atoms with Crippen molar-refractivity contribution in [1.29, 1.82) is 0 Å². The number of ketones is 2. The number of hydrogen-bond acceptors (Lipinski definition) is 7. The molecule has 3 atom stereocenters. The van der Waals surface area contributed by atoms with Gasteiger partial charge in [0.15, 0.2) is 11.6 Å². The molecule has 1 aromatic carbocycles. The molecule has 7 heteroatoms. The van der Waals surface area contributed by atoms with Crippen molar-refractivity contribution in [2.75, 3.05) is 13.2 Å². The molecule has 0 aliphatic heterocycles. The summed E-state index contributed by atoms with van der Waals surface area (Å²) >= 11 is 5.10. The highest BCUT2D eigenvalue weighted by Gasteiger charge is 2.43. The molecule has 0 saturated carbocycles. The number of fused-ring (bicyclic) bond motifs is 3. The zero-order chi connectivity index (χ0) is 35.8. The van der Waals surface area contributed by atoms with Crippen molar-refractivity contribution in [1.82, 2.24) is 0 Å². The van der Waals surface area contributed by atoms with E-state index in [0.717, 1.165) is 72.0 Å². The number of carbonyl (C=O) groups excluding carboxylic acids is 2. The number of carbonyl (C=O) groups is 2. The molecule has 0 fully saturated rings. The zero-order valence-electron chi connectivity index (χ0n) is 31.8. The van der Waals surface area contributed by atoms with Crippen molar-refractivity contribution in [3.63, 3.8) is 0 Å². The average Bonchev–Trinajstić information content (AvgIpc) is 3.86. The molecule has 3 heterocycles. The van der Waals surface area contributed by atoms with Crippen LogP contribution in [0, 0.1) is 31.6 Å². The molecule has 5 rings (SSSR count). The third-order valence-corrected chi connectivity index (χ3v) is 14.3. The predicted octanol–water partition coefficient (Wildman–Crippen LogP) is 14.4. The van der Waals surface area contributed by atoms with Crippen molar-refractivity contribution in [2.24, 2.45) is 17.8 Å². The second kappa shape index (κ2) is 18.5. The minimum absolute atomic E-state index is 0.0309. The molecule has 274 valence electrons. The quantitative estimate of drug-likeness (QED) is 0.0595. The van der Waals surface area contributed by atoms with E-state index >= 15 is 0 Å². The van der Waals surface area contributed by atoms with Gasteiger partial charge in [0, 0.05) is 36.5 Å². The van der Waals surface area contributed by atoms with Gasteiger partial charge in [-0.1, -0.05) is 112 Å². The van der Waals surface area contributed by atoms with Crippen LogP contribution in [0.15, 0.2) is 12.1 Å². The number of thiophene rings is 3. The molecule has 0 bridgehead atoms. The van der Waals surface area contributed by atoms with Gasteiger partial charge >= 0.3 is 0 Å². The lowest BCUT2D eigenvalue weighted by Crippen LogP contribution is -2.15. The summed E-state index contributed by atoms with van der Waals surface area (Å²) in [6.45, 7) is 16.8. The largest absolute Gasteiger partial charge is 0.491 e. The van der Waals surface area contributed by atoms with Crippen LogP contribution >= 0.6 is 34.0 Å².